The number of benzene rings is 2. The van der Waals surface area contributed by atoms with E-state index in [0.29, 0.717) is 36.8 Å². The average Bonchev–Trinajstić information content (AvgIpc) is 3.24. The summed E-state index contributed by atoms with van der Waals surface area (Å²) in [7, 11) is 1.53. The van der Waals surface area contributed by atoms with Crippen LogP contribution in [-0.4, -0.2) is 61.2 Å². The van der Waals surface area contributed by atoms with E-state index in [1.165, 1.54) is 18.4 Å². The fraction of sp³-hybridized carbons (Fsp3) is 0.292. The molecule has 2 heterocycles. The van der Waals surface area contributed by atoms with Crippen LogP contribution < -0.4 is 10.1 Å². The van der Waals surface area contributed by atoms with Crippen LogP contribution in [0.5, 0.6) is 5.75 Å². The number of ether oxygens (including phenoxy) is 2. The van der Waals surface area contributed by atoms with E-state index >= 15 is 0 Å². The summed E-state index contributed by atoms with van der Waals surface area (Å²) in [5.74, 6) is 0.103. The third-order valence-electron chi connectivity index (χ3n) is 5.31. The molecule has 0 aliphatic carbocycles. The molecule has 2 amide bonds. The second-order valence-corrected chi connectivity index (χ2v) is 8.62. The number of morpholine rings is 1. The minimum absolute atomic E-state index is 0.145. The molecule has 166 valence electrons. The number of aryl methyl sites for hydroxylation is 1. The highest BCUT2D eigenvalue weighted by Crippen LogP contribution is 2.31. The maximum absolute atomic E-state index is 13.5. The number of amides is 2. The van der Waals surface area contributed by atoms with Crippen molar-refractivity contribution in [2.45, 2.75) is 13.0 Å². The van der Waals surface area contributed by atoms with Crippen LogP contribution in [0.2, 0.25) is 0 Å². The summed E-state index contributed by atoms with van der Waals surface area (Å²) in [6.07, 6.45) is 0. The molecule has 0 bridgehead atoms. The molecule has 1 atom stereocenters. The van der Waals surface area contributed by atoms with Gasteiger partial charge in [-0.2, -0.15) is 0 Å². The molecule has 4 rings (SSSR count). The van der Waals surface area contributed by atoms with Crippen LogP contribution in [0.4, 0.5) is 0 Å². The van der Waals surface area contributed by atoms with Gasteiger partial charge in [-0.15, -0.1) is 11.3 Å². The van der Waals surface area contributed by atoms with Crippen molar-refractivity contribution in [3.63, 3.8) is 0 Å². The van der Waals surface area contributed by atoms with Crippen molar-refractivity contribution in [2.75, 3.05) is 33.4 Å². The van der Waals surface area contributed by atoms with E-state index in [1.807, 2.05) is 43.3 Å². The van der Waals surface area contributed by atoms with Crippen molar-refractivity contribution in [3.8, 4) is 16.2 Å². The average molecular weight is 452 g/mol. The highest BCUT2D eigenvalue weighted by Gasteiger charge is 2.32. The molecule has 1 aromatic heterocycles. The molecule has 0 saturated carbocycles. The minimum atomic E-state index is -0.291. The van der Waals surface area contributed by atoms with Gasteiger partial charge in [-0.3, -0.25) is 9.59 Å². The van der Waals surface area contributed by atoms with Crippen LogP contribution in [0, 0.1) is 6.92 Å². The Morgan fingerprint density at radius 1 is 1.19 bits per heavy atom. The quantitative estimate of drug-likeness (QED) is 0.621. The Morgan fingerprint density at radius 3 is 2.72 bits per heavy atom. The van der Waals surface area contributed by atoms with Crippen LogP contribution in [-0.2, 0) is 4.74 Å². The van der Waals surface area contributed by atoms with Gasteiger partial charge in [0.2, 0.25) is 0 Å². The third kappa shape index (κ3) is 4.66. The Balaban J connectivity index is 1.52. The molecule has 8 heteroatoms. The van der Waals surface area contributed by atoms with Crippen LogP contribution >= 0.6 is 11.3 Å². The third-order valence-corrected chi connectivity index (χ3v) is 6.33. The summed E-state index contributed by atoms with van der Waals surface area (Å²) in [4.78, 5) is 33.4. The summed E-state index contributed by atoms with van der Waals surface area (Å²) in [5.41, 5.74) is 1.86. The van der Waals surface area contributed by atoms with Gasteiger partial charge in [0.25, 0.3) is 11.8 Å². The molecule has 3 aromatic rings. The smallest absolute Gasteiger partial charge is 0.274 e. The van der Waals surface area contributed by atoms with Gasteiger partial charge in [0.1, 0.15) is 11.4 Å². The molecule has 0 spiro atoms. The van der Waals surface area contributed by atoms with Crippen molar-refractivity contribution in [1.29, 1.82) is 0 Å². The number of para-hydroxylation sites is 1. The van der Waals surface area contributed by atoms with Gasteiger partial charge in [0, 0.05) is 13.1 Å². The first-order valence-electron chi connectivity index (χ1n) is 10.4. The SMILES string of the molecule is COc1ccccc1C(=O)NCC1COCCN1C(=O)c1nc(C)sc1-c1ccccc1. The number of rotatable bonds is 6. The van der Waals surface area contributed by atoms with E-state index in [2.05, 4.69) is 10.3 Å². The maximum atomic E-state index is 13.5. The summed E-state index contributed by atoms with van der Waals surface area (Å²) < 4.78 is 10.9. The van der Waals surface area contributed by atoms with Crippen molar-refractivity contribution >= 4 is 23.2 Å². The lowest BCUT2D eigenvalue weighted by Crippen LogP contribution is -2.53. The molecule has 1 unspecified atom stereocenters. The highest BCUT2D eigenvalue weighted by atomic mass is 32.1. The molecule has 32 heavy (non-hydrogen) atoms. The summed E-state index contributed by atoms with van der Waals surface area (Å²) in [6.45, 7) is 3.41. The Labute approximate surface area is 191 Å². The number of nitrogens with zero attached hydrogens (tertiary/aromatic N) is 2. The second kappa shape index (κ2) is 9.93. The van der Waals surface area contributed by atoms with Gasteiger partial charge < -0.3 is 19.7 Å². The lowest BCUT2D eigenvalue weighted by molar-refractivity contribution is -0.00153. The predicted molar refractivity (Wildman–Crippen MR) is 123 cm³/mol. The first-order chi connectivity index (χ1) is 15.6. The summed E-state index contributed by atoms with van der Waals surface area (Å²) >= 11 is 1.51. The van der Waals surface area contributed by atoms with E-state index in [9.17, 15) is 9.59 Å². The van der Waals surface area contributed by atoms with Gasteiger partial charge in [-0.05, 0) is 24.6 Å². The van der Waals surface area contributed by atoms with Gasteiger partial charge in [0.05, 0.1) is 41.8 Å². The van der Waals surface area contributed by atoms with E-state index < -0.39 is 0 Å². The number of hydrogen-bond donors (Lipinski definition) is 1. The molecule has 0 radical (unpaired) electrons. The molecule has 1 fully saturated rings. The van der Waals surface area contributed by atoms with Crippen molar-refractivity contribution in [3.05, 3.63) is 70.9 Å². The minimum Gasteiger partial charge on any atom is -0.496 e. The Morgan fingerprint density at radius 2 is 1.94 bits per heavy atom. The first kappa shape index (κ1) is 22.0. The Hall–Kier alpha value is -3.23. The van der Waals surface area contributed by atoms with Crippen LogP contribution in [0.1, 0.15) is 25.9 Å². The van der Waals surface area contributed by atoms with Gasteiger partial charge in [0.15, 0.2) is 0 Å². The molecule has 2 aromatic carbocycles. The van der Waals surface area contributed by atoms with Crippen LogP contribution in [0.25, 0.3) is 10.4 Å². The zero-order chi connectivity index (χ0) is 22.5. The molecule has 7 nitrogen and oxygen atoms in total. The molecule has 1 N–H and O–H groups in total. The van der Waals surface area contributed by atoms with Gasteiger partial charge in [-0.1, -0.05) is 42.5 Å². The van der Waals surface area contributed by atoms with E-state index in [-0.39, 0.29) is 24.4 Å². The summed E-state index contributed by atoms with van der Waals surface area (Å²) in [5, 5.41) is 3.76. The van der Waals surface area contributed by atoms with E-state index in [0.717, 1.165) is 15.4 Å². The molecular formula is C24H25N3O4S. The molecule has 1 aliphatic rings. The number of carbonyl (C=O) groups is 2. The van der Waals surface area contributed by atoms with E-state index in [4.69, 9.17) is 9.47 Å². The lowest BCUT2D eigenvalue weighted by Gasteiger charge is -2.35. The number of thiazole rings is 1. The highest BCUT2D eigenvalue weighted by molar-refractivity contribution is 7.15. The number of nitrogens with one attached hydrogen (secondary N) is 1. The zero-order valence-corrected chi connectivity index (χ0v) is 18.9. The predicted octanol–water partition coefficient (Wildman–Crippen LogP) is 3.40. The zero-order valence-electron chi connectivity index (χ0n) is 18.0. The van der Waals surface area contributed by atoms with Crippen LogP contribution in [0.15, 0.2) is 54.6 Å². The number of hydrogen-bond acceptors (Lipinski definition) is 6. The number of carbonyl (C=O) groups excluding carboxylic acids is 2. The Kier molecular flexibility index (Phi) is 6.82. The standard InChI is InChI=1S/C24H25N3O4S/c1-16-26-21(22(32-16)17-8-4-3-5-9-17)24(29)27-12-13-31-15-18(27)14-25-23(28)19-10-6-7-11-20(19)30-2/h3-11,18H,12-15H2,1-2H3,(H,25,28). The second-order valence-electron chi connectivity index (χ2n) is 7.41. The van der Waals surface area contributed by atoms with Crippen molar-refractivity contribution in [2.24, 2.45) is 0 Å². The summed E-state index contributed by atoms with van der Waals surface area (Å²) in [6, 6.07) is 16.6. The topological polar surface area (TPSA) is 80.8 Å². The molecule has 1 aliphatic heterocycles. The first-order valence-corrected chi connectivity index (χ1v) is 11.2. The largest absolute Gasteiger partial charge is 0.496 e. The number of methoxy groups -OCH3 is 1. The van der Waals surface area contributed by atoms with Gasteiger partial charge in [-0.25, -0.2) is 4.98 Å². The maximum Gasteiger partial charge on any atom is 0.274 e. The normalized spacial score (nSPS) is 15.9. The van der Waals surface area contributed by atoms with E-state index in [1.54, 1.807) is 23.1 Å². The van der Waals surface area contributed by atoms with Gasteiger partial charge >= 0.3 is 0 Å². The molecular weight excluding hydrogens is 426 g/mol. The van der Waals surface area contributed by atoms with Crippen molar-refractivity contribution < 1.29 is 19.1 Å². The lowest BCUT2D eigenvalue weighted by atomic mass is 10.1. The van der Waals surface area contributed by atoms with Crippen LogP contribution in [0.3, 0.4) is 0 Å². The molecule has 1 saturated heterocycles. The van der Waals surface area contributed by atoms with Crippen molar-refractivity contribution in [1.82, 2.24) is 15.2 Å². The number of aromatic nitrogens is 1. The monoisotopic (exact) mass is 451 g/mol. The Bertz CT molecular complexity index is 1100. The fourth-order valence-electron chi connectivity index (χ4n) is 3.72. The fourth-order valence-corrected chi connectivity index (χ4v) is 4.64.